The fourth-order valence-corrected chi connectivity index (χ4v) is 3.43. The van der Waals surface area contributed by atoms with Crippen LogP contribution < -0.4 is 0 Å². The minimum absolute atomic E-state index is 0.150. The number of rotatable bonds is 4. The third kappa shape index (κ3) is 3.49. The second-order valence-electron chi connectivity index (χ2n) is 6.68. The van der Waals surface area contributed by atoms with E-state index in [0.29, 0.717) is 11.3 Å². The average Bonchev–Trinajstić information content (AvgIpc) is 3.24. The van der Waals surface area contributed by atoms with Gasteiger partial charge in [-0.15, -0.1) is 0 Å². The molecule has 3 rings (SSSR count). The zero-order valence-electron chi connectivity index (χ0n) is 15.3. The highest BCUT2D eigenvalue weighted by Gasteiger charge is 2.27. The van der Waals surface area contributed by atoms with Crippen molar-refractivity contribution in [2.75, 3.05) is 13.1 Å². The summed E-state index contributed by atoms with van der Waals surface area (Å²) in [4.78, 5) is 26.6. The van der Waals surface area contributed by atoms with E-state index >= 15 is 0 Å². The van der Waals surface area contributed by atoms with Crippen molar-refractivity contribution in [1.82, 2.24) is 9.47 Å². The Kier molecular flexibility index (Phi) is 5.11. The van der Waals surface area contributed by atoms with Gasteiger partial charge in [-0.2, -0.15) is 0 Å². The Hall–Kier alpha value is -2.63. The normalized spacial score (nSPS) is 15.2. The molecule has 1 atom stereocenters. The number of aromatic nitrogens is 1. The van der Waals surface area contributed by atoms with Crippen LogP contribution in [0.3, 0.4) is 0 Å². The summed E-state index contributed by atoms with van der Waals surface area (Å²) in [5, 5.41) is 0. The fraction of sp³-hybridized carbons (Fsp3) is 0.400. The molecule has 1 saturated heterocycles. The molecule has 1 amide bonds. The molecule has 138 valence electrons. The van der Waals surface area contributed by atoms with Crippen LogP contribution in [0.25, 0.3) is 5.69 Å². The van der Waals surface area contributed by atoms with E-state index in [9.17, 15) is 14.0 Å². The molecule has 1 aromatic carbocycles. The van der Waals surface area contributed by atoms with Crippen molar-refractivity contribution in [3.05, 3.63) is 53.1 Å². The first-order chi connectivity index (χ1) is 12.4. The van der Waals surface area contributed by atoms with Crippen LogP contribution in [-0.4, -0.2) is 40.5 Å². The Bertz CT molecular complexity index is 820. The number of hydrogen-bond donors (Lipinski definition) is 0. The van der Waals surface area contributed by atoms with E-state index < -0.39 is 12.1 Å². The van der Waals surface area contributed by atoms with Crippen LogP contribution >= 0.6 is 0 Å². The van der Waals surface area contributed by atoms with Gasteiger partial charge in [-0.3, -0.25) is 4.79 Å². The van der Waals surface area contributed by atoms with Gasteiger partial charge in [0.2, 0.25) is 0 Å². The van der Waals surface area contributed by atoms with Crippen molar-refractivity contribution in [3.63, 3.8) is 0 Å². The molecule has 0 spiro atoms. The maximum Gasteiger partial charge on any atom is 0.340 e. The Morgan fingerprint density at radius 2 is 1.73 bits per heavy atom. The molecule has 2 aromatic rings. The van der Waals surface area contributed by atoms with Crippen molar-refractivity contribution < 1.29 is 18.7 Å². The zero-order chi connectivity index (χ0) is 18.8. The summed E-state index contributed by atoms with van der Waals surface area (Å²) in [6.45, 7) is 6.73. The number of carbonyl (C=O) groups excluding carboxylic acids is 2. The monoisotopic (exact) mass is 358 g/mol. The third-order valence-corrected chi connectivity index (χ3v) is 4.79. The van der Waals surface area contributed by atoms with Crippen LogP contribution in [0.1, 0.15) is 41.5 Å². The molecule has 1 aliphatic rings. The Morgan fingerprint density at radius 1 is 1.12 bits per heavy atom. The van der Waals surface area contributed by atoms with E-state index in [0.717, 1.165) is 37.3 Å². The third-order valence-electron chi connectivity index (χ3n) is 4.79. The van der Waals surface area contributed by atoms with Crippen LogP contribution in [-0.2, 0) is 9.53 Å². The number of ether oxygens (including phenoxy) is 1. The van der Waals surface area contributed by atoms with Crippen molar-refractivity contribution in [1.29, 1.82) is 0 Å². The molecular weight excluding hydrogens is 335 g/mol. The highest BCUT2D eigenvalue weighted by molar-refractivity contribution is 5.93. The number of halogens is 1. The minimum atomic E-state index is -0.811. The predicted octanol–water partition coefficient (Wildman–Crippen LogP) is 3.40. The van der Waals surface area contributed by atoms with Gasteiger partial charge in [0.25, 0.3) is 5.91 Å². The molecule has 0 saturated carbocycles. The number of aryl methyl sites for hydroxylation is 1. The number of hydrogen-bond acceptors (Lipinski definition) is 3. The molecule has 1 aromatic heterocycles. The van der Waals surface area contributed by atoms with Gasteiger partial charge in [-0.25, -0.2) is 9.18 Å². The quantitative estimate of drug-likeness (QED) is 0.787. The second kappa shape index (κ2) is 7.32. The highest BCUT2D eigenvalue weighted by atomic mass is 19.1. The SMILES string of the molecule is Cc1cc(C(=O)O[C@H](C)C(=O)N2CCCC2)c(C)n1-c1ccc(F)cc1. The molecule has 1 fully saturated rings. The number of esters is 1. The molecule has 26 heavy (non-hydrogen) atoms. The van der Waals surface area contributed by atoms with E-state index in [1.165, 1.54) is 12.1 Å². The fourth-order valence-electron chi connectivity index (χ4n) is 3.43. The summed E-state index contributed by atoms with van der Waals surface area (Å²) >= 11 is 0. The first kappa shape index (κ1) is 18.2. The Balaban J connectivity index is 1.78. The smallest absolute Gasteiger partial charge is 0.340 e. The Morgan fingerprint density at radius 3 is 2.35 bits per heavy atom. The van der Waals surface area contributed by atoms with Crippen molar-refractivity contribution in [3.8, 4) is 5.69 Å². The minimum Gasteiger partial charge on any atom is -0.449 e. The summed E-state index contributed by atoms with van der Waals surface area (Å²) < 4.78 is 20.4. The van der Waals surface area contributed by atoms with Gasteiger partial charge in [0.15, 0.2) is 6.10 Å². The standard InChI is InChI=1S/C20H23FN2O3/c1-13-12-18(14(2)23(13)17-8-6-16(21)7-9-17)20(25)26-15(3)19(24)22-10-4-5-11-22/h6-9,12,15H,4-5,10-11H2,1-3H3/t15-/m1/s1. The molecule has 0 unspecified atom stereocenters. The summed E-state index contributed by atoms with van der Waals surface area (Å²) in [6.07, 6.45) is 1.17. The van der Waals surface area contributed by atoms with Crippen LogP contribution in [0.5, 0.6) is 0 Å². The molecule has 5 nitrogen and oxygen atoms in total. The lowest BCUT2D eigenvalue weighted by molar-refractivity contribution is -0.138. The van der Waals surface area contributed by atoms with Crippen LogP contribution in [0, 0.1) is 19.7 Å². The maximum absolute atomic E-state index is 13.2. The lowest BCUT2D eigenvalue weighted by Gasteiger charge is -2.20. The van der Waals surface area contributed by atoms with Gasteiger partial charge in [-0.1, -0.05) is 0 Å². The maximum atomic E-state index is 13.2. The van der Waals surface area contributed by atoms with Crippen molar-refractivity contribution in [2.24, 2.45) is 0 Å². The molecule has 6 heteroatoms. The number of nitrogens with zero attached hydrogens (tertiary/aromatic N) is 2. The van der Waals surface area contributed by atoms with E-state index in [-0.39, 0.29) is 11.7 Å². The summed E-state index contributed by atoms with van der Waals surface area (Å²) in [7, 11) is 0. The molecule has 1 aliphatic heterocycles. The first-order valence-electron chi connectivity index (χ1n) is 8.83. The van der Waals surface area contributed by atoms with Gasteiger partial charge in [0.1, 0.15) is 5.82 Å². The highest BCUT2D eigenvalue weighted by Crippen LogP contribution is 2.22. The molecule has 0 aliphatic carbocycles. The topological polar surface area (TPSA) is 51.5 Å². The summed E-state index contributed by atoms with van der Waals surface area (Å²) in [5.74, 6) is -0.986. The number of likely N-dealkylation sites (tertiary alicyclic amines) is 1. The van der Waals surface area contributed by atoms with Gasteiger partial charge in [0.05, 0.1) is 5.56 Å². The van der Waals surface area contributed by atoms with Crippen LogP contribution in [0.15, 0.2) is 30.3 Å². The number of amides is 1. The lowest BCUT2D eigenvalue weighted by atomic mass is 10.2. The summed E-state index contributed by atoms with van der Waals surface area (Å²) in [6, 6.07) is 7.80. The van der Waals surface area contributed by atoms with E-state index in [2.05, 4.69) is 0 Å². The molecule has 0 bridgehead atoms. The van der Waals surface area contributed by atoms with Crippen LogP contribution in [0.4, 0.5) is 4.39 Å². The van der Waals surface area contributed by atoms with Crippen molar-refractivity contribution in [2.45, 2.75) is 39.7 Å². The largest absolute Gasteiger partial charge is 0.449 e. The van der Waals surface area contributed by atoms with E-state index in [1.54, 1.807) is 36.9 Å². The lowest BCUT2D eigenvalue weighted by Crippen LogP contribution is -2.38. The zero-order valence-corrected chi connectivity index (χ0v) is 15.3. The first-order valence-corrected chi connectivity index (χ1v) is 8.83. The molecular formula is C20H23FN2O3. The van der Waals surface area contributed by atoms with Gasteiger partial charge >= 0.3 is 5.97 Å². The van der Waals surface area contributed by atoms with Crippen molar-refractivity contribution >= 4 is 11.9 Å². The van der Waals surface area contributed by atoms with E-state index in [1.807, 2.05) is 11.5 Å². The van der Waals surface area contributed by atoms with Gasteiger partial charge in [-0.05, 0) is 63.9 Å². The molecule has 0 N–H and O–H groups in total. The summed E-state index contributed by atoms with van der Waals surface area (Å²) in [5.41, 5.74) is 2.70. The molecule has 0 radical (unpaired) electrons. The number of carbonyl (C=O) groups is 2. The average molecular weight is 358 g/mol. The number of benzene rings is 1. The van der Waals surface area contributed by atoms with Crippen LogP contribution in [0.2, 0.25) is 0 Å². The molecule has 2 heterocycles. The predicted molar refractivity (Wildman–Crippen MR) is 95.9 cm³/mol. The van der Waals surface area contributed by atoms with E-state index in [4.69, 9.17) is 4.74 Å². The van der Waals surface area contributed by atoms with Gasteiger partial charge < -0.3 is 14.2 Å². The second-order valence-corrected chi connectivity index (χ2v) is 6.68. The van der Waals surface area contributed by atoms with Gasteiger partial charge in [0, 0.05) is 30.2 Å². The Labute approximate surface area is 152 Å².